The molecule has 0 fully saturated rings. The van der Waals surface area contributed by atoms with E-state index in [0.717, 1.165) is 12.2 Å². The minimum atomic E-state index is -0.537. The number of hydrogen-bond donors (Lipinski definition) is 0. The average molecular weight is 200 g/mol. The second-order valence-corrected chi connectivity index (χ2v) is 1.84. The molecule has 0 bridgehead atoms. The van der Waals surface area contributed by atoms with Crippen molar-refractivity contribution >= 4 is 11.9 Å². The number of hydrogen-bond acceptors (Lipinski definition) is 4. The molecule has 0 spiro atoms. The lowest BCUT2D eigenvalue weighted by atomic mass is 10.5. The Morgan fingerprint density at radius 1 is 1.00 bits per heavy atom. The fourth-order valence-corrected chi connectivity index (χ4v) is 0.517. The van der Waals surface area contributed by atoms with Gasteiger partial charge in [0, 0.05) is 12.2 Å². The van der Waals surface area contributed by atoms with E-state index in [-0.39, 0.29) is 0 Å². The molecule has 0 aliphatic carbocycles. The van der Waals surface area contributed by atoms with Crippen LogP contribution in [0.2, 0.25) is 0 Å². The van der Waals surface area contributed by atoms with E-state index in [0.29, 0.717) is 13.2 Å². The molecule has 80 valence electrons. The maximum Gasteiger partial charge on any atom is 0.330 e. The zero-order valence-corrected chi connectivity index (χ0v) is 8.62. The van der Waals surface area contributed by atoms with Crippen LogP contribution < -0.4 is 0 Å². The highest BCUT2D eigenvalue weighted by Gasteiger charge is 1.97. The first-order valence-electron chi connectivity index (χ1n) is 4.22. The van der Waals surface area contributed by atoms with E-state index in [2.05, 4.69) is 22.6 Å². The predicted molar refractivity (Wildman–Crippen MR) is 53.7 cm³/mol. The Labute approximate surface area is 84.2 Å². The van der Waals surface area contributed by atoms with Crippen LogP contribution in [0, 0.1) is 0 Å². The van der Waals surface area contributed by atoms with Gasteiger partial charge in [0.05, 0.1) is 13.2 Å². The molecule has 4 heteroatoms. The van der Waals surface area contributed by atoms with Crippen LogP contribution in [0.3, 0.4) is 0 Å². The molecule has 0 aromatic heterocycles. The van der Waals surface area contributed by atoms with E-state index in [4.69, 9.17) is 0 Å². The van der Waals surface area contributed by atoms with Gasteiger partial charge in [-0.15, -0.1) is 13.2 Å². The van der Waals surface area contributed by atoms with Gasteiger partial charge in [-0.25, -0.2) is 9.59 Å². The van der Waals surface area contributed by atoms with Crippen molar-refractivity contribution in [2.24, 2.45) is 0 Å². The van der Waals surface area contributed by atoms with Crippen LogP contribution in [-0.2, 0) is 19.1 Å². The minimum Gasteiger partial charge on any atom is -0.463 e. The fraction of sp³-hybridized carbons (Fsp3) is 0.400. The largest absolute Gasteiger partial charge is 0.463 e. The third-order valence-corrected chi connectivity index (χ3v) is 0.929. The number of rotatable bonds is 4. The Morgan fingerprint density at radius 2 is 1.29 bits per heavy atom. The molecule has 0 aliphatic heterocycles. The van der Waals surface area contributed by atoms with Gasteiger partial charge in [0.25, 0.3) is 0 Å². The maximum atomic E-state index is 10.6. The van der Waals surface area contributed by atoms with Crippen LogP contribution in [0.4, 0.5) is 0 Å². The van der Waals surface area contributed by atoms with Crippen molar-refractivity contribution in [1.82, 2.24) is 0 Å². The third kappa shape index (κ3) is 10.4. The molecule has 0 unspecified atom stereocenters. The van der Waals surface area contributed by atoms with Crippen LogP contribution in [0.25, 0.3) is 0 Å². The van der Waals surface area contributed by atoms with E-state index >= 15 is 0 Å². The zero-order chi connectivity index (χ0) is 11.4. The maximum absolute atomic E-state index is 10.6. The lowest BCUT2D eigenvalue weighted by Gasteiger charge is -1.95. The lowest BCUT2D eigenvalue weighted by Crippen LogP contribution is -2.03. The molecule has 0 amide bonds. The number of carbonyl (C=O) groups is 2. The first kappa shape index (κ1) is 14.9. The summed E-state index contributed by atoms with van der Waals surface area (Å²) in [5.74, 6) is -1.07. The van der Waals surface area contributed by atoms with Crippen LogP contribution >= 0.6 is 0 Å². The summed E-state index contributed by atoms with van der Waals surface area (Å²) in [7, 11) is 0. The summed E-state index contributed by atoms with van der Waals surface area (Å²) in [6, 6.07) is 0. The first-order chi connectivity index (χ1) is 6.70. The SMILES string of the molecule is C=C.CCOC(=O)/C=C/C(=O)OCC. The van der Waals surface area contributed by atoms with Crippen molar-refractivity contribution in [1.29, 1.82) is 0 Å². The number of carbonyl (C=O) groups excluding carboxylic acids is 2. The smallest absolute Gasteiger partial charge is 0.330 e. The van der Waals surface area contributed by atoms with E-state index in [1.165, 1.54) is 0 Å². The topological polar surface area (TPSA) is 52.6 Å². The van der Waals surface area contributed by atoms with Crippen LogP contribution in [0.15, 0.2) is 25.3 Å². The second-order valence-electron chi connectivity index (χ2n) is 1.84. The highest BCUT2D eigenvalue weighted by atomic mass is 16.5. The molecule has 0 N–H and O–H groups in total. The molecule has 0 rings (SSSR count). The van der Waals surface area contributed by atoms with Crippen molar-refractivity contribution in [3.63, 3.8) is 0 Å². The molecule has 0 radical (unpaired) electrons. The van der Waals surface area contributed by atoms with Crippen molar-refractivity contribution < 1.29 is 19.1 Å². The quantitative estimate of drug-likeness (QED) is 0.392. The highest BCUT2D eigenvalue weighted by molar-refractivity contribution is 5.91. The summed E-state index contributed by atoms with van der Waals surface area (Å²) in [6.45, 7) is 9.98. The van der Waals surface area contributed by atoms with E-state index in [1.807, 2.05) is 0 Å². The summed E-state index contributed by atoms with van der Waals surface area (Å²) in [6.07, 6.45) is 2.09. The van der Waals surface area contributed by atoms with Crippen molar-refractivity contribution in [3.8, 4) is 0 Å². The lowest BCUT2D eigenvalue weighted by molar-refractivity contribution is -0.140. The number of esters is 2. The van der Waals surface area contributed by atoms with Gasteiger partial charge in [0.2, 0.25) is 0 Å². The van der Waals surface area contributed by atoms with Gasteiger partial charge in [0.1, 0.15) is 0 Å². The van der Waals surface area contributed by atoms with E-state index < -0.39 is 11.9 Å². The summed E-state index contributed by atoms with van der Waals surface area (Å²) in [5.41, 5.74) is 0. The predicted octanol–water partition coefficient (Wildman–Crippen LogP) is 1.47. The Kier molecular flexibility index (Phi) is 12.2. The Balaban J connectivity index is 0. The van der Waals surface area contributed by atoms with Gasteiger partial charge < -0.3 is 9.47 Å². The summed E-state index contributed by atoms with van der Waals surface area (Å²) >= 11 is 0. The van der Waals surface area contributed by atoms with Gasteiger partial charge in [-0.05, 0) is 13.8 Å². The molecule has 0 aromatic carbocycles. The van der Waals surface area contributed by atoms with Crippen molar-refractivity contribution in [2.75, 3.05) is 13.2 Å². The Bertz CT molecular complexity index is 176. The molecule has 14 heavy (non-hydrogen) atoms. The van der Waals surface area contributed by atoms with Crippen molar-refractivity contribution in [3.05, 3.63) is 25.3 Å². The average Bonchev–Trinajstić information content (AvgIpc) is 2.19. The third-order valence-electron chi connectivity index (χ3n) is 0.929. The minimum absolute atomic E-state index is 0.298. The normalized spacial score (nSPS) is 8.71. The molecule has 0 aliphatic rings. The van der Waals surface area contributed by atoms with E-state index in [9.17, 15) is 9.59 Å². The second kappa shape index (κ2) is 11.4. The van der Waals surface area contributed by atoms with Gasteiger partial charge in [-0.2, -0.15) is 0 Å². The molecule has 0 saturated carbocycles. The summed E-state index contributed by atoms with van der Waals surface area (Å²) in [4.78, 5) is 21.3. The van der Waals surface area contributed by atoms with Crippen LogP contribution in [0.5, 0.6) is 0 Å². The van der Waals surface area contributed by atoms with E-state index in [1.54, 1.807) is 13.8 Å². The molecule has 0 saturated heterocycles. The molecule has 0 aromatic rings. The summed E-state index contributed by atoms with van der Waals surface area (Å²) < 4.78 is 9.07. The monoisotopic (exact) mass is 200 g/mol. The molecular formula is C10H16O4. The zero-order valence-electron chi connectivity index (χ0n) is 8.62. The van der Waals surface area contributed by atoms with Crippen molar-refractivity contribution in [2.45, 2.75) is 13.8 Å². The Morgan fingerprint density at radius 3 is 1.50 bits per heavy atom. The standard InChI is InChI=1S/C8H12O4.C2H4/c1-3-11-7(9)5-6-8(10)12-4-2;1-2/h5-6H,3-4H2,1-2H3;1-2H2/b6-5+;. The molecule has 4 nitrogen and oxygen atoms in total. The highest BCUT2D eigenvalue weighted by Crippen LogP contribution is 1.84. The van der Waals surface area contributed by atoms with Gasteiger partial charge in [-0.3, -0.25) is 0 Å². The number of ether oxygens (including phenoxy) is 2. The van der Waals surface area contributed by atoms with Gasteiger partial charge in [-0.1, -0.05) is 0 Å². The fourth-order valence-electron chi connectivity index (χ4n) is 0.517. The van der Waals surface area contributed by atoms with Crippen LogP contribution in [-0.4, -0.2) is 25.2 Å². The van der Waals surface area contributed by atoms with Gasteiger partial charge in [0.15, 0.2) is 0 Å². The Hall–Kier alpha value is -1.58. The van der Waals surface area contributed by atoms with Crippen LogP contribution in [0.1, 0.15) is 13.8 Å². The summed E-state index contributed by atoms with van der Waals surface area (Å²) in [5, 5.41) is 0. The first-order valence-corrected chi connectivity index (χ1v) is 4.22. The van der Waals surface area contributed by atoms with Gasteiger partial charge >= 0.3 is 11.9 Å². The molecule has 0 atom stereocenters. The molecule has 0 heterocycles. The molecular weight excluding hydrogens is 184 g/mol.